The molecule has 1 aromatic carbocycles. The molecule has 1 aliphatic heterocycles. The minimum Gasteiger partial charge on any atom is -0.341 e. The Bertz CT molecular complexity index is 921. The molecule has 0 spiro atoms. The molecule has 1 N–H and O–H groups in total. The fourth-order valence-electron chi connectivity index (χ4n) is 4.07. The van der Waals surface area contributed by atoms with Crippen LogP contribution in [0.3, 0.4) is 0 Å². The number of aromatic amines is 1. The van der Waals surface area contributed by atoms with E-state index >= 15 is 0 Å². The van der Waals surface area contributed by atoms with Crippen molar-refractivity contribution in [1.82, 2.24) is 24.6 Å². The molecule has 3 aromatic rings. The Kier molecular flexibility index (Phi) is 5.28. The Balaban J connectivity index is 1.34. The molecule has 1 aliphatic rings. The number of likely N-dealkylation sites (tertiary alicyclic amines) is 1. The van der Waals surface area contributed by atoms with Crippen molar-refractivity contribution in [1.29, 1.82) is 0 Å². The number of piperidine rings is 1. The van der Waals surface area contributed by atoms with E-state index in [1.165, 1.54) is 5.56 Å². The van der Waals surface area contributed by atoms with Crippen LogP contribution < -0.4 is 0 Å². The largest absolute Gasteiger partial charge is 0.341 e. The number of aromatic nitrogens is 4. The number of carbonyl (C=O) groups excluding carboxylic acids is 1. The smallest absolute Gasteiger partial charge is 0.245 e. The topological polar surface area (TPSA) is 66.8 Å². The second-order valence-corrected chi connectivity index (χ2v) is 7.64. The van der Waals surface area contributed by atoms with E-state index in [1.54, 1.807) is 6.20 Å². The highest BCUT2D eigenvalue weighted by molar-refractivity contribution is 5.80. The van der Waals surface area contributed by atoms with Crippen LogP contribution in [0.2, 0.25) is 0 Å². The number of benzene rings is 1. The van der Waals surface area contributed by atoms with Crippen molar-refractivity contribution in [3.63, 3.8) is 0 Å². The molecule has 0 bridgehead atoms. The molecular weight excluding hydrogens is 350 g/mol. The van der Waals surface area contributed by atoms with E-state index < -0.39 is 0 Å². The highest BCUT2D eigenvalue weighted by Gasteiger charge is 2.28. The lowest BCUT2D eigenvalue weighted by Crippen LogP contribution is -2.41. The molecule has 2 aromatic heterocycles. The number of carbonyl (C=O) groups is 1. The SMILES string of the molecule is Cc1nccn1C(C)C(=O)N1CCC(c2cc(Cc3ccccc3)[nH]n2)CC1. The minimum absolute atomic E-state index is 0.173. The van der Waals surface area contributed by atoms with Crippen LogP contribution in [-0.2, 0) is 11.2 Å². The van der Waals surface area contributed by atoms with Crippen LogP contribution in [0.4, 0.5) is 0 Å². The van der Waals surface area contributed by atoms with Crippen molar-refractivity contribution in [3.8, 4) is 0 Å². The van der Waals surface area contributed by atoms with E-state index in [-0.39, 0.29) is 11.9 Å². The number of hydrogen-bond donors (Lipinski definition) is 1. The Morgan fingerprint density at radius 1 is 1.25 bits per heavy atom. The predicted molar refractivity (Wildman–Crippen MR) is 108 cm³/mol. The molecule has 6 nitrogen and oxygen atoms in total. The van der Waals surface area contributed by atoms with Crippen molar-refractivity contribution in [2.45, 2.75) is 45.1 Å². The molecule has 3 heterocycles. The van der Waals surface area contributed by atoms with E-state index in [9.17, 15) is 4.79 Å². The fourth-order valence-corrected chi connectivity index (χ4v) is 4.07. The zero-order valence-corrected chi connectivity index (χ0v) is 16.5. The van der Waals surface area contributed by atoms with E-state index in [2.05, 4.69) is 45.5 Å². The van der Waals surface area contributed by atoms with Crippen LogP contribution in [0.1, 0.15) is 54.5 Å². The van der Waals surface area contributed by atoms with E-state index in [4.69, 9.17) is 0 Å². The first-order valence-electron chi connectivity index (χ1n) is 9.98. The summed E-state index contributed by atoms with van der Waals surface area (Å²) in [6, 6.07) is 12.4. The van der Waals surface area contributed by atoms with Gasteiger partial charge in [-0.15, -0.1) is 0 Å². The number of nitrogens with zero attached hydrogens (tertiary/aromatic N) is 4. The third-order valence-corrected chi connectivity index (χ3v) is 5.75. The van der Waals surface area contributed by atoms with Crippen molar-refractivity contribution in [3.05, 3.63) is 71.6 Å². The van der Waals surface area contributed by atoms with Crippen LogP contribution in [0, 0.1) is 6.92 Å². The van der Waals surface area contributed by atoms with Crippen molar-refractivity contribution in [2.24, 2.45) is 0 Å². The molecule has 6 heteroatoms. The molecule has 146 valence electrons. The van der Waals surface area contributed by atoms with Crippen LogP contribution >= 0.6 is 0 Å². The van der Waals surface area contributed by atoms with Gasteiger partial charge < -0.3 is 9.47 Å². The summed E-state index contributed by atoms with van der Waals surface area (Å²) in [5, 5.41) is 7.74. The lowest BCUT2D eigenvalue weighted by Gasteiger charge is -2.33. The van der Waals surface area contributed by atoms with Crippen LogP contribution in [0.5, 0.6) is 0 Å². The van der Waals surface area contributed by atoms with Crippen molar-refractivity contribution < 1.29 is 4.79 Å². The third-order valence-electron chi connectivity index (χ3n) is 5.75. The quantitative estimate of drug-likeness (QED) is 0.740. The molecule has 0 aliphatic carbocycles. The van der Waals surface area contributed by atoms with Crippen molar-refractivity contribution >= 4 is 5.91 Å². The second kappa shape index (κ2) is 8.00. The maximum Gasteiger partial charge on any atom is 0.245 e. The van der Waals surface area contributed by atoms with E-state index in [0.29, 0.717) is 5.92 Å². The minimum atomic E-state index is -0.207. The first-order valence-corrected chi connectivity index (χ1v) is 9.98. The van der Waals surface area contributed by atoms with Gasteiger partial charge in [-0.3, -0.25) is 9.89 Å². The van der Waals surface area contributed by atoms with Crippen LogP contribution in [-0.4, -0.2) is 43.6 Å². The number of nitrogens with one attached hydrogen (secondary N) is 1. The predicted octanol–water partition coefficient (Wildman–Crippen LogP) is 3.47. The summed E-state index contributed by atoms with van der Waals surface area (Å²) in [7, 11) is 0. The van der Waals surface area contributed by atoms with Gasteiger partial charge in [0.1, 0.15) is 11.9 Å². The highest BCUT2D eigenvalue weighted by Crippen LogP contribution is 2.28. The van der Waals surface area contributed by atoms with E-state index in [1.807, 2.05) is 35.6 Å². The zero-order chi connectivity index (χ0) is 19.5. The number of rotatable bonds is 5. The number of imidazole rings is 1. The number of H-pyrrole nitrogens is 1. The zero-order valence-electron chi connectivity index (χ0n) is 16.5. The second-order valence-electron chi connectivity index (χ2n) is 7.64. The molecule has 1 amide bonds. The maximum absolute atomic E-state index is 12.9. The lowest BCUT2D eigenvalue weighted by atomic mass is 9.93. The standard InChI is InChI=1S/C22H27N5O/c1-16(27-13-10-23-17(27)2)22(28)26-11-8-19(9-12-26)21-15-20(24-25-21)14-18-6-4-3-5-7-18/h3-7,10,13,15-16,19H,8-9,11-12,14H2,1-2H3,(H,24,25). The summed E-state index contributed by atoms with van der Waals surface area (Å²) in [6.45, 7) is 5.44. The van der Waals surface area contributed by atoms with Crippen molar-refractivity contribution in [2.75, 3.05) is 13.1 Å². The van der Waals surface area contributed by atoms with Gasteiger partial charge in [-0.25, -0.2) is 4.98 Å². The molecule has 1 atom stereocenters. The normalized spacial score (nSPS) is 16.3. The molecule has 1 saturated heterocycles. The molecular formula is C22H27N5O. The Labute approximate surface area is 165 Å². The average Bonchev–Trinajstić information content (AvgIpc) is 3.37. The lowest BCUT2D eigenvalue weighted by molar-refractivity contribution is -0.135. The summed E-state index contributed by atoms with van der Waals surface area (Å²) in [4.78, 5) is 19.1. The number of amides is 1. The van der Waals surface area contributed by atoms with Crippen LogP contribution in [0.25, 0.3) is 0 Å². The molecule has 0 saturated carbocycles. The summed E-state index contributed by atoms with van der Waals surface area (Å²) < 4.78 is 1.94. The monoisotopic (exact) mass is 377 g/mol. The summed E-state index contributed by atoms with van der Waals surface area (Å²) in [5.41, 5.74) is 3.54. The van der Waals surface area contributed by atoms with Gasteiger partial charge in [0.2, 0.25) is 5.91 Å². The van der Waals surface area contributed by atoms with Gasteiger partial charge in [-0.2, -0.15) is 5.10 Å². The van der Waals surface area contributed by atoms with Gasteiger partial charge in [0.05, 0.1) is 5.69 Å². The first kappa shape index (κ1) is 18.5. The first-order chi connectivity index (χ1) is 13.6. The third kappa shape index (κ3) is 3.86. The molecule has 1 unspecified atom stereocenters. The Hall–Kier alpha value is -2.89. The molecule has 4 rings (SSSR count). The van der Waals surface area contributed by atoms with Gasteiger partial charge in [-0.1, -0.05) is 30.3 Å². The Morgan fingerprint density at radius 3 is 2.68 bits per heavy atom. The van der Waals surface area contributed by atoms with Gasteiger partial charge in [-0.05, 0) is 38.3 Å². The summed E-state index contributed by atoms with van der Waals surface area (Å²) >= 11 is 0. The molecule has 1 fully saturated rings. The Morgan fingerprint density at radius 2 is 2.00 bits per heavy atom. The summed E-state index contributed by atoms with van der Waals surface area (Å²) in [5.74, 6) is 1.46. The van der Waals surface area contributed by atoms with Crippen LogP contribution in [0.15, 0.2) is 48.8 Å². The maximum atomic E-state index is 12.9. The van der Waals surface area contributed by atoms with E-state index in [0.717, 1.165) is 49.6 Å². The van der Waals surface area contributed by atoms with Gasteiger partial charge in [0.15, 0.2) is 0 Å². The van der Waals surface area contributed by atoms with Gasteiger partial charge in [0, 0.05) is 43.5 Å². The summed E-state index contributed by atoms with van der Waals surface area (Å²) in [6.07, 6.45) is 6.40. The highest BCUT2D eigenvalue weighted by atomic mass is 16.2. The van der Waals surface area contributed by atoms with Gasteiger partial charge in [0.25, 0.3) is 0 Å². The molecule has 0 radical (unpaired) electrons. The molecule has 28 heavy (non-hydrogen) atoms. The van der Waals surface area contributed by atoms with Gasteiger partial charge >= 0.3 is 0 Å². The number of aryl methyl sites for hydroxylation is 1. The average molecular weight is 377 g/mol. The fraction of sp³-hybridized carbons (Fsp3) is 0.409. The number of hydrogen-bond acceptors (Lipinski definition) is 3.